The van der Waals surface area contributed by atoms with E-state index in [9.17, 15) is 14.2 Å². The summed E-state index contributed by atoms with van der Waals surface area (Å²) in [7, 11) is -4.25. The Kier molecular flexibility index (Phi) is 18.4. The first-order valence-corrected chi connectivity index (χ1v) is 21.2. The Labute approximate surface area is 313 Å². The minimum absolute atomic E-state index is 0.0415. The van der Waals surface area contributed by atoms with Crippen molar-refractivity contribution in [2.75, 3.05) is 26.4 Å². The summed E-state index contributed by atoms with van der Waals surface area (Å²) in [5, 5.41) is 0.235. The van der Waals surface area contributed by atoms with Crippen molar-refractivity contribution in [3.63, 3.8) is 0 Å². The molecule has 1 aromatic carbocycles. The molecule has 0 radical (unpaired) electrons. The number of hydrogen-bond donors (Lipinski definition) is 1. The predicted molar refractivity (Wildman–Crippen MR) is 201 cm³/mol. The second-order valence-electron chi connectivity index (χ2n) is 14.2. The fourth-order valence-corrected chi connectivity index (χ4v) is 8.04. The molecule has 0 bridgehead atoms. The molecular weight excluding hydrogens is 711 g/mol. The summed E-state index contributed by atoms with van der Waals surface area (Å²) < 4.78 is 56.4. The molecule has 14 heteroatoms. The Morgan fingerprint density at radius 1 is 0.788 bits per heavy atom. The van der Waals surface area contributed by atoms with Gasteiger partial charge in [-0.15, -0.1) is 0 Å². The number of aromatic amines is 1. The molecule has 0 aliphatic carbocycles. The van der Waals surface area contributed by atoms with Gasteiger partial charge in [0.2, 0.25) is 0 Å². The quantitative estimate of drug-likeness (QED) is 0.0692. The number of phosphoric acid groups is 1. The summed E-state index contributed by atoms with van der Waals surface area (Å²) in [6.07, 6.45) is 19.1. The SMILES string of the molecule is CCCCCCCCCCCCCCCCCCOCCOP(=O)(OCC1OC(n2ccc(=O)[nH]c2=O)[C@@H]2OC(C)(C)O[C@H]12)Oc1ccccc1Cl. The number of H-pyrrole nitrogens is 1. The second kappa shape index (κ2) is 22.4. The normalized spacial score (nSPS) is 22.0. The summed E-state index contributed by atoms with van der Waals surface area (Å²) in [5.41, 5.74) is -1.20. The van der Waals surface area contributed by atoms with Crippen molar-refractivity contribution >= 4 is 19.4 Å². The van der Waals surface area contributed by atoms with Crippen LogP contribution in [0.2, 0.25) is 5.02 Å². The van der Waals surface area contributed by atoms with E-state index in [1.54, 1.807) is 38.1 Å². The molecule has 2 saturated heterocycles. The maximum Gasteiger partial charge on any atom is 0.530 e. The summed E-state index contributed by atoms with van der Waals surface area (Å²) in [6, 6.07) is 7.79. The van der Waals surface area contributed by atoms with Gasteiger partial charge in [0.1, 0.15) is 24.1 Å². The van der Waals surface area contributed by atoms with Gasteiger partial charge < -0.3 is 23.5 Å². The average Bonchev–Trinajstić information content (AvgIpc) is 3.60. The zero-order valence-corrected chi connectivity index (χ0v) is 32.9. The summed E-state index contributed by atoms with van der Waals surface area (Å²) in [6.45, 7) is 6.20. The molecule has 294 valence electrons. The van der Waals surface area contributed by atoms with Gasteiger partial charge in [0.25, 0.3) is 5.56 Å². The highest BCUT2D eigenvalue weighted by molar-refractivity contribution is 7.48. The van der Waals surface area contributed by atoms with Crippen molar-refractivity contribution < 1.29 is 37.1 Å². The number of nitrogens with zero attached hydrogens (tertiary/aromatic N) is 1. The Balaban J connectivity index is 1.15. The predicted octanol–water partition coefficient (Wildman–Crippen LogP) is 9.11. The summed E-state index contributed by atoms with van der Waals surface area (Å²) in [5.74, 6) is -0.856. The van der Waals surface area contributed by atoms with Crippen LogP contribution in [0.25, 0.3) is 0 Å². The van der Waals surface area contributed by atoms with Gasteiger partial charge in [-0.25, -0.2) is 9.36 Å². The first-order chi connectivity index (χ1) is 25.1. The molecule has 4 rings (SSSR count). The van der Waals surface area contributed by atoms with E-state index in [4.69, 9.17) is 44.1 Å². The molecule has 0 spiro atoms. The third-order valence-corrected chi connectivity index (χ3v) is 11.0. The maximum atomic E-state index is 13.9. The van der Waals surface area contributed by atoms with Crippen LogP contribution in [0.5, 0.6) is 5.75 Å². The molecule has 3 heterocycles. The van der Waals surface area contributed by atoms with E-state index in [0.29, 0.717) is 6.61 Å². The lowest BCUT2D eigenvalue weighted by atomic mass is 10.0. The lowest BCUT2D eigenvalue weighted by Gasteiger charge is -2.25. The minimum atomic E-state index is -4.25. The maximum absolute atomic E-state index is 13.9. The highest BCUT2D eigenvalue weighted by Crippen LogP contribution is 2.52. The Morgan fingerprint density at radius 2 is 1.38 bits per heavy atom. The van der Waals surface area contributed by atoms with Crippen LogP contribution in [0.1, 0.15) is 130 Å². The minimum Gasteiger partial charge on any atom is -0.402 e. The summed E-state index contributed by atoms with van der Waals surface area (Å²) >= 11 is 6.29. The fourth-order valence-electron chi connectivity index (χ4n) is 6.60. The number of hydrogen-bond acceptors (Lipinski definition) is 10. The molecule has 2 fully saturated rings. The smallest absolute Gasteiger partial charge is 0.402 e. The number of benzene rings is 1. The molecule has 52 heavy (non-hydrogen) atoms. The molecular formula is C38H60ClN2O10P. The Bertz CT molecular complexity index is 1490. The molecule has 2 aliphatic rings. The van der Waals surface area contributed by atoms with Crippen LogP contribution in [-0.4, -0.2) is 60.1 Å². The van der Waals surface area contributed by atoms with Crippen LogP contribution in [0.3, 0.4) is 0 Å². The molecule has 5 atom stereocenters. The molecule has 2 aromatic rings. The van der Waals surface area contributed by atoms with E-state index in [0.717, 1.165) is 12.8 Å². The standard InChI is InChI=1S/C38H60ClN2O10P/c1-4-5-6-7-8-9-10-11-12-13-14-15-16-17-18-21-26-45-27-28-46-52(44,51-31-23-20-19-22-30(31)39)47-29-32-34-35(50-38(2,3)49-34)36(48-32)41-25-24-33(42)40-37(41)43/h19-20,22-25,32,34-36H,4-18,21,26-29H2,1-3H3,(H,40,42,43)/t32?,34-,35-,36?,52?/m1/s1. The van der Waals surface area contributed by atoms with E-state index in [2.05, 4.69) is 11.9 Å². The van der Waals surface area contributed by atoms with E-state index < -0.39 is 49.4 Å². The number of rotatable bonds is 27. The second-order valence-corrected chi connectivity index (χ2v) is 16.2. The lowest BCUT2D eigenvalue weighted by Crippen LogP contribution is -2.37. The van der Waals surface area contributed by atoms with Gasteiger partial charge >= 0.3 is 13.5 Å². The van der Waals surface area contributed by atoms with Crippen LogP contribution in [-0.2, 0) is 32.6 Å². The largest absolute Gasteiger partial charge is 0.530 e. The van der Waals surface area contributed by atoms with Crippen molar-refractivity contribution in [3.8, 4) is 5.75 Å². The molecule has 12 nitrogen and oxygen atoms in total. The van der Waals surface area contributed by atoms with E-state index in [1.165, 1.54) is 107 Å². The average molecular weight is 771 g/mol. The third-order valence-electron chi connectivity index (χ3n) is 9.31. The van der Waals surface area contributed by atoms with Gasteiger partial charge in [-0.1, -0.05) is 127 Å². The van der Waals surface area contributed by atoms with Crippen LogP contribution >= 0.6 is 19.4 Å². The number of ether oxygens (including phenoxy) is 4. The van der Waals surface area contributed by atoms with Crippen molar-refractivity contribution in [2.45, 2.75) is 154 Å². The first-order valence-electron chi connectivity index (χ1n) is 19.3. The zero-order chi connectivity index (χ0) is 37.2. The van der Waals surface area contributed by atoms with Crippen molar-refractivity contribution in [2.24, 2.45) is 0 Å². The molecule has 3 unspecified atom stereocenters. The molecule has 1 aromatic heterocycles. The monoisotopic (exact) mass is 770 g/mol. The Morgan fingerprint density at radius 3 is 2.00 bits per heavy atom. The molecule has 0 saturated carbocycles. The summed E-state index contributed by atoms with van der Waals surface area (Å²) in [4.78, 5) is 26.5. The first kappa shape index (κ1) is 42.7. The lowest BCUT2D eigenvalue weighted by molar-refractivity contribution is -0.200. The zero-order valence-electron chi connectivity index (χ0n) is 31.3. The molecule has 1 N–H and O–H groups in total. The van der Waals surface area contributed by atoms with Crippen LogP contribution in [0, 0.1) is 0 Å². The highest BCUT2D eigenvalue weighted by atomic mass is 35.5. The van der Waals surface area contributed by atoms with Gasteiger partial charge in [0.05, 0.1) is 24.8 Å². The van der Waals surface area contributed by atoms with Crippen LogP contribution in [0.4, 0.5) is 0 Å². The van der Waals surface area contributed by atoms with Gasteiger partial charge in [0, 0.05) is 18.9 Å². The van der Waals surface area contributed by atoms with Gasteiger partial charge in [-0.05, 0) is 32.4 Å². The molecule has 0 amide bonds. The van der Waals surface area contributed by atoms with Crippen LogP contribution in [0.15, 0.2) is 46.1 Å². The van der Waals surface area contributed by atoms with Crippen molar-refractivity contribution in [1.82, 2.24) is 9.55 Å². The van der Waals surface area contributed by atoms with Gasteiger partial charge in [-0.3, -0.25) is 23.4 Å². The number of phosphoric ester groups is 1. The fraction of sp³-hybridized carbons (Fsp3) is 0.737. The van der Waals surface area contributed by atoms with E-state index >= 15 is 0 Å². The number of aromatic nitrogens is 2. The van der Waals surface area contributed by atoms with Crippen LogP contribution < -0.4 is 15.8 Å². The van der Waals surface area contributed by atoms with Crippen molar-refractivity contribution in [3.05, 3.63) is 62.4 Å². The van der Waals surface area contributed by atoms with E-state index in [-0.39, 0.29) is 30.6 Å². The third kappa shape index (κ3) is 14.3. The topological polar surface area (TPSA) is 137 Å². The van der Waals surface area contributed by atoms with Gasteiger partial charge in [-0.2, -0.15) is 0 Å². The number of unbranched alkanes of at least 4 members (excludes halogenated alkanes) is 15. The molecule has 2 aliphatic heterocycles. The Hall–Kier alpha value is -2.02. The van der Waals surface area contributed by atoms with Crippen molar-refractivity contribution in [1.29, 1.82) is 0 Å². The number of para-hydroxylation sites is 1. The van der Waals surface area contributed by atoms with Gasteiger partial charge in [0.15, 0.2) is 12.0 Å². The number of nitrogens with one attached hydrogen (secondary N) is 1. The highest BCUT2D eigenvalue weighted by Gasteiger charge is 2.56. The number of fused-ring (bicyclic) bond motifs is 1. The van der Waals surface area contributed by atoms with E-state index in [1.807, 2.05) is 0 Å². The number of halogens is 1.